The van der Waals surface area contributed by atoms with Crippen LogP contribution in [0, 0.1) is 0 Å². The third-order valence-corrected chi connectivity index (χ3v) is 5.37. The van der Waals surface area contributed by atoms with Gasteiger partial charge in [0.25, 0.3) is 5.91 Å². The number of hydrogen-bond acceptors (Lipinski definition) is 8. The predicted molar refractivity (Wildman–Crippen MR) is 110 cm³/mol. The first-order chi connectivity index (χ1) is 13.0. The number of primary amides is 1. The maximum atomic E-state index is 11.9. The lowest BCUT2D eigenvalue weighted by molar-refractivity contribution is 0.100. The van der Waals surface area contributed by atoms with Crippen molar-refractivity contribution in [2.75, 3.05) is 30.1 Å². The van der Waals surface area contributed by atoms with E-state index in [0.717, 1.165) is 25.9 Å². The van der Waals surface area contributed by atoms with E-state index < -0.39 is 5.91 Å². The van der Waals surface area contributed by atoms with E-state index in [-0.39, 0.29) is 17.2 Å². The van der Waals surface area contributed by atoms with E-state index in [1.807, 2.05) is 24.5 Å². The molecule has 1 aliphatic heterocycles. The highest BCUT2D eigenvalue weighted by Gasteiger charge is 2.20. The van der Waals surface area contributed by atoms with Crippen LogP contribution in [0.2, 0.25) is 5.02 Å². The molecule has 2 heterocycles. The van der Waals surface area contributed by atoms with Gasteiger partial charge >= 0.3 is 0 Å². The van der Waals surface area contributed by atoms with Gasteiger partial charge in [0.1, 0.15) is 11.4 Å². The fourth-order valence-electron chi connectivity index (χ4n) is 3.13. The van der Waals surface area contributed by atoms with Gasteiger partial charge in [-0.2, -0.15) is 0 Å². The van der Waals surface area contributed by atoms with Gasteiger partial charge in [0.15, 0.2) is 11.0 Å². The van der Waals surface area contributed by atoms with Gasteiger partial charge < -0.3 is 21.8 Å². The lowest BCUT2D eigenvalue weighted by atomic mass is 9.90. The zero-order valence-corrected chi connectivity index (χ0v) is 16.5. The third-order valence-electron chi connectivity index (χ3n) is 4.51. The van der Waals surface area contributed by atoms with Crippen LogP contribution in [0.3, 0.4) is 0 Å². The van der Waals surface area contributed by atoms with Crippen LogP contribution in [0.15, 0.2) is 23.4 Å². The van der Waals surface area contributed by atoms with Crippen LogP contribution in [0.1, 0.15) is 34.7 Å². The van der Waals surface area contributed by atoms with Crippen molar-refractivity contribution in [2.45, 2.75) is 23.9 Å². The van der Waals surface area contributed by atoms with Crippen molar-refractivity contribution in [3.63, 3.8) is 0 Å². The maximum absolute atomic E-state index is 11.9. The molecule has 1 aromatic heterocycles. The molecule has 0 radical (unpaired) electrons. The monoisotopic (exact) mass is 407 g/mol. The summed E-state index contributed by atoms with van der Waals surface area (Å²) in [6, 6.07) is 5.90. The molecule has 1 aliphatic rings. The molecule has 2 aromatic rings. The minimum absolute atomic E-state index is 0.0776. The van der Waals surface area contributed by atoms with Gasteiger partial charge in [0, 0.05) is 0 Å². The number of rotatable bonds is 6. The average Bonchev–Trinajstić information content (AvgIpc) is 2.69. The molecule has 1 aromatic carbocycles. The fourth-order valence-corrected chi connectivity index (χ4v) is 3.73. The predicted octanol–water partition coefficient (Wildman–Crippen LogP) is 2.45. The molecular formula is C17H22ClN7OS. The number of hydrogen-bond donors (Lipinski definition) is 5. The van der Waals surface area contributed by atoms with E-state index >= 15 is 0 Å². The number of anilines is 3. The summed E-state index contributed by atoms with van der Waals surface area (Å²) < 4.78 is 0. The van der Waals surface area contributed by atoms with Crippen LogP contribution in [0.4, 0.5) is 17.3 Å². The minimum atomic E-state index is -0.694. The van der Waals surface area contributed by atoms with Crippen molar-refractivity contribution in [3.05, 3.63) is 34.3 Å². The van der Waals surface area contributed by atoms with Crippen molar-refractivity contribution in [3.8, 4) is 0 Å². The van der Waals surface area contributed by atoms with Crippen molar-refractivity contribution >= 4 is 46.6 Å². The van der Waals surface area contributed by atoms with E-state index in [1.165, 1.54) is 17.3 Å². The second-order valence-electron chi connectivity index (χ2n) is 6.18. The normalized spacial score (nSPS) is 14.8. The number of piperidine rings is 1. The largest absolute Gasteiger partial charge is 0.365 e. The summed E-state index contributed by atoms with van der Waals surface area (Å²) in [5, 5.41) is 7.45. The number of nitrogens with two attached hydrogens (primary N) is 2. The van der Waals surface area contributed by atoms with Crippen LogP contribution in [0.25, 0.3) is 0 Å². The van der Waals surface area contributed by atoms with Crippen LogP contribution < -0.4 is 27.6 Å². The Kier molecular flexibility index (Phi) is 6.38. The Balaban J connectivity index is 1.93. The van der Waals surface area contributed by atoms with Crippen LogP contribution in [-0.4, -0.2) is 35.2 Å². The Morgan fingerprint density at radius 2 is 2.00 bits per heavy atom. The van der Waals surface area contributed by atoms with Gasteiger partial charge in [0.2, 0.25) is 0 Å². The lowest BCUT2D eigenvalue weighted by Gasteiger charge is -2.23. The quantitative estimate of drug-likeness (QED) is 0.213. The van der Waals surface area contributed by atoms with E-state index in [1.54, 1.807) is 0 Å². The smallest absolute Gasteiger partial charge is 0.256 e. The molecular weight excluding hydrogens is 386 g/mol. The Bertz CT molecular complexity index is 842. The first-order valence-corrected chi connectivity index (χ1v) is 10.1. The number of nitrogens with one attached hydrogen (secondary N) is 3. The second-order valence-corrected chi connectivity index (χ2v) is 7.36. The van der Waals surface area contributed by atoms with Gasteiger partial charge in [-0.05, 0) is 55.8 Å². The highest BCUT2D eigenvalue weighted by atomic mass is 35.5. The molecule has 1 amide bonds. The molecule has 10 heteroatoms. The molecule has 27 heavy (non-hydrogen) atoms. The van der Waals surface area contributed by atoms with E-state index in [9.17, 15) is 4.79 Å². The molecule has 0 spiro atoms. The first-order valence-electron chi connectivity index (χ1n) is 8.53. The third kappa shape index (κ3) is 4.44. The van der Waals surface area contributed by atoms with Gasteiger partial charge in [0.05, 0.1) is 10.7 Å². The van der Waals surface area contributed by atoms with E-state index in [4.69, 9.17) is 23.2 Å². The number of aromatic nitrogens is 2. The second kappa shape index (κ2) is 8.75. The summed E-state index contributed by atoms with van der Waals surface area (Å²) in [5.41, 5.74) is 9.81. The number of benzene rings is 1. The summed E-state index contributed by atoms with van der Waals surface area (Å²) in [5.74, 6) is 5.71. The number of carbonyl (C=O) groups excluding carboxylic acids is 1. The van der Waals surface area contributed by atoms with Crippen molar-refractivity contribution < 1.29 is 4.79 Å². The summed E-state index contributed by atoms with van der Waals surface area (Å²) in [6.45, 7) is 2.02. The SMILES string of the molecule is CSc1nc(NN)c(C(N)=O)c(Nc2ccc(C3CCNCC3)cc2Cl)n1. The number of thioether (sulfide) groups is 1. The van der Waals surface area contributed by atoms with Gasteiger partial charge in [-0.3, -0.25) is 4.79 Å². The zero-order valence-electron chi connectivity index (χ0n) is 14.9. The molecule has 0 saturated carbocycles. The number of hydrazine groups is 1. The Morgan fingerprint density at radius 1 is 1.30 bits per heavy atom. The number of nitrogen functional groups attached to an aromatic ring is 1. The first kappa shape index (κ1) is 19.7. The number of carbonyl (C=O) groups is 1. The zero-order chi connectivity index (χ0) is 19.4. The summed E-state index contributed by atoms with van der Waals surface area (Å²) in [7, 11) is 0. The molecule has 1 fully saturated rings. The molecule has 0 unspecified atom stereocenters. The van der Waals surface area contributed by atoms with Crippen LogP contribution in [-0.2, 0) is 0 Å². The molecule has 8 nitrogen and oxygen atoms in total. The molecule has 0 aliphatic carbocycles. The minimum Gasteiger partial charge on any atom is -0.365 e. The van der Waals surface area contributed by atoms with Crippen LogP contribution >= 0.6 is 23.4 Å². The molecule has 7 N–H and O–H groups in total. The summed E-state index contributed by atoms with van der Waals surface area (Å²) >= 11 is 7.81. The summed E-state index contributed by atoms with van der Waals surface area (Å²) in [4.78, 5) is 20.4. The molecule has 0 bridgehead atoms. The highest BCUT2D eigenvalue weighted by molar-refractivity contribution is 7.98. The van der Waals surface area contributed by atoms with Gasteiger partial charge in [-0.1, -0.05) is 29.4 Å². The van der Waals surface area contributed by atoms with Gasteiger partial charge in [-0.15, -0.1) is 0 Å². The topological polar surface area (TPSA) is 131 Å². The standard InChI is InChI=1S/C17H22ClN7OS/c1-27-17-23-15(13(14(19)26)16(24-17)25-20)22-12-3-2-10(8-11(12)18)9-4-6-21-7-5-9/h2-3,8-9,21H,4-7,20H2,1H3,(H2,19,26)(H2,22,23,24,25). The summed E-state index contributed by atoms with van der Waals surface area (Å²) in [6.07, 6.45) is 4.00. The Morgan fingerprint density at radius 3 is 2.59 bits per heavy atom. The van der Waals surface area contributed by atoms with E-state index in [0.29, 0.717) is 21.8 Å². The fraction of sp³-hybridized carbons (Fsp3) is 0.353. The average molecular weight is 408 g/mol. The Hall–Kier alpha value is -2.07. The molecule has 1 saturated heterocycles. The Labute approximate surface area is 166 Å². The number of amides is 1. The van der Waals surface area contributed by atoms with Crippen LogP contribution in [0.5, 0.6) is 0 Å². The maximum Gasteiger partial charge on any atom is 0.256 e. The number of halogens is 1. The van der Waals surface area contributed by atoms with E-state index in [2.05, 4.69) is 26.0 Å². The molecule has 3 rings (SSSR count). The van der Waals surface area contributed by atoms with Gasteiger partial charge in [-0.25, -0.2) is 15.8 Å². The van der Waals surface area contributed by atoms with Crippen molar-refractivity contribution in [1.82, 2.24) is 15.3 Å². The highest BCUT2D eigenvalue weighted by Crippen LogP contribution is 2.34. The lowest BCUT2D eigenvalue weighted by Crippen LogP contribution is -2.26. The van der Waals surface area contributed by atoms with Crippen molar-refractivity contribution in [2.24, 2.45) is 11.6 Å². The number of nitrogens with zero attached hydrogens (tertiary/aromatic N) is 2. The van der Waals surface area contributed by atoms with Crippen molar-refractivity contribution in [1.29, 1.82) is 0 Å². The molecule has 0 atom stereocenters. The molecule has 144 valence electrons.